The van der Waals surface area contributed by atoms with Crippen molar-refractivity contribution in [2.75, 3.05) is 29.9 Å². The van der Waals surface area contributed by atoms with Crippen molar-refractivity contribution in [3.63, 3.8) is 0 Å². The first-order valence-corrected chi connectivity index (χ1v) is 9.11. The maximum atomic E-state index is 12.5. The third kappa shape index (κ3) is 4.28. The van der Waals surface area contributed by atoms with E-state index in [4.69, 9.17) is 4.74 Å². The normalized spacial score (nSPS) is 13.2. The topological polar surface area (TPSA) is 102 Å². The van der Waals surface area contributed by atoms with Crippen LogP contribution in [-0.4, -0.2) is 36.5 Å². The fourth-order valence-corrected chi connectivity index (χ4v) is 3.14. The number of nitro groups is 1. The van der Waals surface area contributed by atoms with Gasteiger partial charge in [-0.05, 0) is 56.2 Å². The van der Waals surface area contributed by atoms with Crippen LogP contribution < -0.4 is 10.2 Å². The summed E-state index contributed by atoms with van der Waals surface area (Å²) < 4.78 is 4.91. The number of hydrogen-bond acceptors (Lipinski definition) is 6. The van der Waals surface area contributed by atoms with Crippen LogP contribution in [0, 0.1) is 10.1 Å². The molecule has 3 rings (SSSR count). The molecule has 28 heavy (non-hydrogen) atoms. The van der Waals surface area contributed by atoms with Crippen LogP contribution in [0.25, 0.3) is 0 Å². The Morgan fingerprint density at radius 1 is 1.11 bits per heavy atom. The molecule has 8 nitrogen and oxygen atoms in total. The van der Waals surface area contributed by atoms with Crippen molar-refractivity contribution in [2.24, 2.45) is 0 Å². The summed E-state index contributed by atoms with van der Waals surface area (Å²) in [6.45, 7) is 3.56. The minimum atomic E-state index is -0.460. The van der Waals surface area contributed by atoms with Crippen molar-refractivity contribution in [3.8, 4) is 0 Å². The van der Waals surface area contributed by atoms with Crippen LogP contribution in [-0.2, 0) is 4.74 Å². The van der Waals surface area contributed by atoms with Crippen molar-refractivity contribution in [1.82, 2.24) is 0 Å². The number of nitrogens with zero attached hydrogens (tertiary/aromatic N) is 2. The van der Waals surface area contributed by atoms with Gasteiger partial charge in [-0.15, -0.1) is 0 Å². The van der Waals surface area contributed by atoms with Gasteiger partial charge in [0, 0.05) is 30.4 Å². The monoisotopic (exact) mass is 383 g/mol. The van der Waals surface area contributed by atoms with E-state index in [-0.39, 0.29) is 17.9 Å². The molecule has 8 heteroatoms. The van der Waals surface area contributed by atoms with Gasteiger partial charge in [-0.2, -0.15) is 0 Å². The lowest BCUT2D eigenvalue weighted by Crippen LogP contribution is -2.19. The summed E-state index contributed by atoms with van der Waals surface area (Å²) in [6, 6.07) is 10.8. The smallest absolute Gasteiger partial charge is 0.338 e. The molecule has 0 radical (unpaired) electrons. The second kappa shape index (κ2) is 8.51. The van der Waals surface area contributed by atoms with Crippen LogP contribution in [0.1, 0.15) is 40.5 Å². The number of rotatable bonds is 6. The van der Waals surface area contributed by atoms with E-state index >= 15 is 0 Å². The number of carbonyl (C=O) groups is 2. The van der Waals surface area contributed by atoms with Gasteiger partial charge in [0.1, 0.15) is 5.69 Å². The van der Waals surface area contributed by atoms with E-state index in [0.29, 0.717) is 16.9 Å². The van der Waals surface area contributed by atoms with Crippen molar-refractivity contribution in [1.29, 1.82) is 0 Å². The van der Waals surface area contributed by atoms with Gasteiger partial charge in [0.25, 0.3) is 11.6 Å². The Kier molecular flexibility index (Phi) is 5.88. The molecular weight excluding hydrogens is 362 g/mol. The molecule has 146 valence electrons. The van der Waals surface area contributed by atoms with E-state index in [0.717, 1.165) is 25.9 Å². The lowest BCUT2D eigenvalue weighted by molar-refractivity contribution is -0.384. The maximum Gasteiger partial charge on any atom is 0.338 e. The number of benzene rings is 2. The summed E-state index contributed by atoms with van der Waals surface area (Å²) >= 11 is 0. The first-order chi connectivity index (χ1) is 13.5. The SMILES string of the molecule is CCOC(=O)c1ccc(NC(=O)c2ccc(N3CCCC3)c([N+](=O)[O-])c2)cc1. The number of nitro benzene ring substituents is 1. The third-order valence-corrected chi connectivity index (χ3v) is 4.53. The number of ether oxygens (including phenoxy) is 1. The summed E-state index contributed by atoms with van der Waals surface area (Å²) in [5, 5.41) is 14.2. The maximum absolute atomic E-state index is 12.5. The lowest BCUT2D eigenvalue weighted by Gasteiger charge is -2.17. The first-order valence-electron chi connectivity index (χ1n) is 9.11. The molecule has 2 aromatic rings. The molecule has 1 amide bonds. The Morgan fingerprint density at radius 2 is 1.75 bits per heavy atom. The van der Waals surface area contributed by atoms with Crippen LogP contribution in [0.4, 0.5) is 17.1 Å². The highest BCUT2D eigenvalue weighted by Crippen LogP contribution is 2.31. The van der Waals surface area contributed by atoms with E-state index in [2.05, 4.69) is 5.32 Å². The summed E-state index contributed by atoms with van der Waals surface area (Å²) in [6.07, 6.45) is 2.00. The summed E-state index contributed by atoms with van der Waals surface area (Å²) in [5.74, 6) is -0.895. The molecule has 1 heterocycles. The molecule has 1 fully saturated rings. The molecule has 2 aromatic carbocycles. The quantitative estimate of drug-likeness (QED) is 0.464. The molecule has 0 unspecified atom stereocenters. The van der Waals surface area contributed by atoms with Crippen LogP contribution in [0.15, 0.2) is 42.5 Å². The zero-order valence-electron chi connectivity index (χ0n) is 15.5. The Labute approximate surface area is 162 Å². The Balaban J connectivity index is 1.76. The molecule has 0 atom stereocenters. The fraction of sp³-hybridized carbons (Fsp3) is 0.300. The number of carbonyl (C=O) groups excluding carboxylic acids is 2. The van der Waals surface area contributed by atoms with Crippen LogP contribution in [0.2, 0.25) is 0 Å². The van der Waals surface area contributed by atoms with E-state index < -0.39 is 16.8 Å². The lowest BCUT2D eigenvalue weighted by atomic mass is 10.1. The van der Waals surface area contributed by atoms with Gasteiger partial charge in [0.2, 0.25) is 0 Å². The molecule has 1 N–H and O–H groups in total. The van der Waals surface area contributed by atoms with Crippen molar-refractivity contribution >= 4 is 28.9 Å². The molecule has 1 saturated heterocycles. The third-order valence-electron chi connectivity index (χ3n) is 4.53. The predicted molar refractivity (Wildman–Crippen MR) is 105 cm³/mol. The Bertz CT molecular complexity index is 889. The number of nitrogens with one attached hydrogen (secondary N) is 1. The van der Waals surface area contributed by atoms with Crippen molar-refractivity contribution in [3.05, 3.63) is 63.7 Å². The highest BCUT2D eigenvalue weighted by atomic mass is 16.6. The Hall–Kier alpha value is -3.42. The van der Waals surface area contributed by atoms with Crippen LogP contribution in [0.5, 0.6) is 0 Å². The van der Waals surface area contributed by atoms with Crippen LogP contribution >= 0.6 is 0 Å². The predicted octanol–water partition coefficient (Wildman–Crippen LogP) is 3.62. The first kappa shape index (κ1) is 19.3. The zero-order valence-corrected chi connectivity index (χ0v) is 15.5. The minimum absolute atomic E-state index is 0.0767. The molecule has 1 aliphatic rings. The molecule has 0 saturated carbocycles. The second-order valence-electron chi connectivity index (χ2n) is 6.41. The largest absolute Gasteiger partial charge is 0.462 e. The minimum Gasteiger partial charge on any atom is -0.462 e. The van der Waals surface area contributed by atoms with Gasteiger partial charge in [-0.1, -0.05) is 0 Å². The molecule has 0 bridgehead atoms. The van der Waals surface area contributed by atoms with Gasteiger partial charge in [-0.3, -0.25) is 14.9 Å². The van der Waals surface area contributed by atoms with Gasteiger partial charge in [-0.25, -0.2) is 4.79 Å². The number of amides is 1. The van der Waals surface area contributed by atoms with Crippen molar-refractivity contribution < 1.29 is 19.2 Å². The summed E-state index contributed by atoms with van der Waals surface area (Å²) in [4.78, 5) is 37.1. The van der Waals surface area contributed by atoms with E-state index in [9.17, 15) is 19.7 Å². The fourth-order valence-electron chi connectivity index (χ4n) is 3.14. The number of anilines is 2. The van der Waals surface area contributed by atoms with Gasteiger partial charge < -0.3 is 15.0 Å². The van der Waals surface area contributed by atoms with Crippen molar-refractivity contribution in [2.45, 2.75) is 19.8 Å². The zero-order chi connectivity index (χ0) is 20.1. The molecule has 1 aliphatic heterocycles. The molecule has 0 spiro atoms. The van der Waals surface area contributed by atoms with Crippen LogP contribution in [0.3, 0.4) is 0 Å². The molecule has 0 aliphatic carbocycles. The molecule has 0 aromatic heterocycles. The second-order valence-corrected chi connectivity index (χ2v) is 6.41. The van der Waals surface area contributed by atoms with E-state index in [1.54, 1.807) is 43.3 Å². The number of hydrogen-bond donors (Lipinski definition) is 1. The van der Waals surface area contributed by atoms with Gasteiger partial charge in [0.15, 0.2) is 0 Å². The average molecular weight is 383 g/mol. The highest BCUT2D eigenvalue weighted by Gasteiger charge is 2.24. The molecular formula is C20H21N3O5. The van der Waals surface area contributed by atoms with E-state index in [1.807, 2.05) is 4.90 Å². The van der Waals surface area contributed by atoms with E-state index in [1.165, 1.54) is 6.07 Å². The number of esters is 1. The Morgan fingerprint density at radius 3 is 2.36 bits per heavy atom. The summed E-state index contributed by atoms with van der Waals surface area (Å²) in [5.41, 5.74) is 1.52. The van der Waals surface area contributed by atoms with Gasteiger partial charge >= 0.3 is 5.97 Å². The van der Waals surface area contributed by atoms with Gasteiger partial charge in [0.05, 0.1) is 17.1 Å². The highest BCUT2D eigenvalue weighted by molar-refractivity contribution is 6.05. The average Bonchev–Trinajstić information content (AvgIpc) is 3.23. The summed E-state index contributed by atoms with van der Waals surface area (Å²) in [7, 11) is 0. The standard InChI is InChI=1S/C20H21N3O5/c1-2-28-20(25)14-5-8-16(9-6-14)21-19(24)15-7-10-17(18(13-15)23(26)27)22-11-3-4-12-22/h5-10,13H,2-4,11-12H2,1H3,(H,21,24).